The van der Waals surface area contributed by atoms with Gasteiger partial charge in [0.2, 0.25) is 6.29 Å². The zero-order valence-corrected chi connectivity index (χ0v) is 10.7. The van der Waals surface area contributed by atoms with E-state index in [4.69, 9.17) is 15.3 Å². The van der Waals surface area contributed by atoms with Crippen LogP contribution in [0.25, 0.3) is 0 Å². The van der Waals surface area contributed by atoms with Gasteiger partial charge in [-0.1, -0.05) is 19.8 Å². The van der Waals surface area contributed by atoms with Gasteiger partial charge >= 0.3 is 11.9 Å². The molecule has 0 aliphatic carbocycles. The predicted molar refractivity (Wildman–Crippen MR) is 63.7 cm³/mol. The monoisotopic (exact) mass is 262 g/mol. The van der Waals surface area contributed by atoms with Crippen LogP contribution in [0.1, 0.15) is 45.4 Å². The first-order valence-electron chi connectivity index (χ1n) is 6.19. The van der Waals surface area contributed by atoms with Crippen molar-refractivity contribution in [1.29, 1.82) is 0 Å². The Kier molecular flexibility index (Phi) is 9.22. The number of carbonyl (C=O) groups is 2. The number of hydrogen-bond donors (Lipinski definition) is 3. The van der Waals surface area contributed by atoms with Crippen molar-refractivity contribution in [2.45, 2.75) is 51.7 Å². The highest BCUT2D eigenvalue weighted by atomic mass is 16.6. The summed E-state index contributed by atoms with van der Waals surface area (Å²) in [5.41, 5.74) is 0. The van der Waals surface area contributed by atoms with Crippen LogP contribution in [-0.4, -0.2) is 40.2 Å². The molecule has 3 N–H and O–H groups in total. The Morgan fingerprint density at radius 1 is 1.28 bits per heavy atom. The molecule has 6 heteroatoms. The van der Waals surface area contributed by atoms with E-state index in [1.54, 1.807) is 0 Å². The number of unbranched alkanes of at least 4 members (excludes halogenated alkanes) is 1. The van der Waals surface area contributed by atoms with Crippen molar-refractivity contribution in [2.24, 2.45) is 5.92 Å². The maximum absolute atomic E-state index is 11.2. The molecular formula is C12H22O6. The molecule has 2 unspecified atom stereocenters. The lowest BCUT2D eigenvalue weighted by atomic mass is 9.93. The lowest BCUT2D eigenvalue weighted by Crippen LogP contribution is -2.21. The number of carboxylic acids is 1. The summed E-state index contributed by atoms with van der Waals surface area (Å²) < 4.78 is 4.48. The van der Waals surface area contributed by atoms with Crippen LogP contribution in [0, 0.1) is 5.92 Å². The molecule has 0 fully saturated rings. The summed E-state index contributed by atoms with van der Waals surface area (Å²) >= 11 is 0. The molecule has 0 heterocycles. The van der Waals surface area contributed by atoms with Gasteiger partial charge in [-0.05, 0) is 18.8 Å². The molecule has 0 spiro atoms. The summed E-state index contributed by atoms with van der Waals surface area (Å²) in [7, 11) is 0. The van der Waals surface area contributed by atoms with Gasteiger partial charge in [0.15, 0.2) is 0 Å². The van der Waals surface area contributed by atoms with Crippen molar-refractivity contribution in [3.63, 3.8) is 0 Å². The van der Waals surface area contributed by atoms with Gasteiger partial charge in [-0.15, -0.1) is 0 Å². The Balaban J connectivity index is 4.00. The van der Waals surface area contributed by atoms with Crippen LogP contribution in [0.3, 0.4) is 0 Å². The van der Waals surface area contributed by atoms with Gasteiger partial charge in [0, 0.05) is 12.8 Å². The Morgan fingerprint density at radius 3 is 2.44 bits per heavy atom. The average molecular weight is 262 g/mol. The van der Waals surface area contributed by atoms with E-state index in [1.807, 2.05) is 6.92 Å². The largest absolute Gasteiger partial charge is 0.481 e. The second kappa shape index (κ2) is 9.85. The quantitative estimate of drug-likeness (QED) is 0.399. The second-order valence-electron chi connectivity index (χ2n) is 4.27. The van der Waals surface area contributed by atoms with E-state index in [0.717, 1.165) is 19.3 Å². The highest BCUT2D eigenvalue weighted by Crippen LogP contribution is 2.19. The molecule has 0 radical (unpaired) electrons. The van der Waals surface area contributed by atoms with E-state index in [1.165, 1.54) is 0 Å². The van der Waals surface area contributed by atoms with Crippen LogP contribution in [0.2, 0.25) is 0 Å². The maximum atomic E-state index is 11.2. The van der Waals surface area contributed by atoms with Crippen LogP contribution in [-0.2, 0) is 14.3 Å². The minimum atomic E-state index is -1.49. The molecule has 0 saturated carbocycles. The third-order valence-corrected chi connectivity index (χ3v) is 2.61. The fourth-order valence-electron chi connectivity index (χ4n) is 1.66. The van der Waals surface area contributed by atoms with Crippen molar-refractivity contribution >= 4 is 11.9 Å². The van der Waals surface area contributed by atoms with Crippen LogP contribution in [0.5, 0.6) is 0 Å². The molecule has 0 aliphatic rings. The van der Waals surface area contributed by atoms with Gasteiger partial charge < -0.3 is 20.1 Å². The normalized spacial score (nSPS) is 13.9. The molecule has 0 bridgehead atoms. The molecule has 0 saturated heterocycles. The first kappa shape index (κ1) is 16.9. The average Bonchev–Trinajstić information content (AvgIpc) is 2.31. The molecule has 0 aromatic rings. The van der Waals surface area contributed by atoms with Crippen LogP contribution in [0.4, 0.5) is 0 Å². The summed E-state index contributed by atoms with van der Waals surface area (Å²) in [5, 5.41) is 26.1. The van der Waals surface area contributed by atoms with E-state index in [2.05, 4.69) is 4.74 Å². The Bertz CT molecular complexity index is 253. The zero-order valence-electron chi connectivity index (χ0n) is 10.7. The van der Waals surface area contributed by atoms with Crippen molar-refractivity contribution < 1.29 is 29.6 Å². The topological polar surface area (TPSA) is 104 Å². The summed E-state index contributed by atoms with van der Waals surface area (Å²) in [6.45, 7) is 1.38. The lowest BCUT2D eigenvalue weighted by molar-refractivity contribution is -0.174. The Hall–Kier alpha value is -1.14. The first-order valence-corrected chi connectivity index (χ1v) is 6.19. The third kappa shape index (κ3) is 8.95. The van der Waals surface area contributed by atoms with Crippen molar-refractivity contribution in [1.82, 2.24) is 0 Å². The summed E-state index contributed by atoms with van der Waals surface area (Å²) in [6, 6.07) is 0. The Morgan fingerprint density at radius 2 is 1.94 bits per heavy atom. The third-order valence-electron chi connectivity index (χ3n) is 2.61. The fourth-order valence-corrected chi connectivity index (χ4v) is 1.66. The van der Waals surface area contributed by atoms with Crippen molar-refractivity contribution in [3.8, 4) is 0 Å². The van der Waals surface area contributed by atoms with Crippen LogP contribution >= 0.6 is 0 Å². The number of esters is 1. The van der Waals surface area contributed by atoms with Gasteiger partial charge in [-0.3, -0.25) is 9.59 Å². The van der Waals surface area contributed by atoms with E-state index in [-0.39, 0.29) is 18.8 Å². The van der Waals surface area contributed by atoms with Gasteiger partial charge in [-0.2, -0.15) is 0 Å². The second-order valence-corrected chi connectivity index (χ2v) is 4.27. The fraction of sp³-hybridized carbons (Fsp3) is 0.833. The molecule has 106 valence electrons. The minimum Gasteiger partial charge on any atom is -0.481 e. The number of aliphatic hydroxyl groups excluding tert-OH is 2. The summed E-state index contributed by atoms with van der Waals surface area (Å²) in [6.07, 6.45) is 1.68. The maximum Gasteiger partial charge on any atom is 0.308 e. The van der Waals surface area contributed by atoms with Crippen molar-refractivity contribution in [3.05, 3.63) is 0 Å². The van der Waals surface area contributed by atoms with E-state index in [9.17, 15) is 9.59 Å². The number of aliphatic hydroxyl groups is 2. The van der Waals surface area contributed by atoms with E-state index in [0.29, 0.717) is 6.42 Å². The molecule has 18 heavy (non-hydrogen) atoms. The summed E-state index contributed by atoms with van der Waals surface area (Å²) in [4.78, 5) is 21.9. The highest BCUT2D eigenvalue weighted by Gasteiger charge is 2.16. The molecule has 0 aliphatic heterocycles. The zero-order chi connectivity index (χ0) is 14.0. The van der Waals surface area contributed by atoms with Gasteiger partial charge in [0.1, 0.15) is 6.61 Å². The number of carboxylic acid groups (broad SMARTS) is 1. The number of ether oxygens (including phenoxy) is 1. The molecule has 0 aromatic heterocycles. The standard InChI is InChI=1S/C12H22O6/c1-2-3-4-9(7-10(14)15)5-6-11(16)18-12(17)8-13/h9,12-13,17H,2-8H2,1H3,(H,14,15). The first-order chi connectivity index (χ1) is 8.49. The van der Waals surface area contributed by atoms with E-state index >= 15 is 0 Å². The number of carbonyl (C=O) groups excluding carboxylic acids is 1. The minimum absolute atomic E-state index is 0.0375. The van der Waals surface area contributed by atoms with Crippen molar-refractivity contribution in [2.75, 3.05) is 6.61 Å². The van der Waals surface area contributed by atoms with Gasteiger partial charge in [0.05, 0.1) is 0 Å². The Labute approximate surface area is 107 Å². The number of rotatable bonds is 10. The number of aliphatic carboxylic acids is 1. The molecule has 0 aromatic carbocycles. The van der Waals surface area contributed by atoms with Crippen LogP contribution < -0.4 is 0 Å². The van der Waals surface area contributed by atoms with Crippen LogP contribution in [0.15, 0.2) is 0 Å². The molecule has 0 amide bonds. The predicted octanol–water partition coefficient (Wildman–Crippen LogP) is 0.902. The number of hydrogen-bond acceptors (Lipinski definition) is 5. The lowest BCUT2D eigenvalue weighted by Gasteiger charge is -2.14. The smallest absolute Gasteiger partial charge is 0.308 e. The molecule has 6 nitrogen and oxygen atoms in total. The van der Waals surface area contributed by atoms with Gasteiger partial charge in [0.25, 0.3) is 0 Å². The molecule has 2 atom stereocenters. The molecule has 0 rings (SSSR count). The van der Waals surface area contributed by atoms with E-state index < -0.39 is 24.8 Å². The highest BCUT2D eigenvalue weighted by molar-refractivity contribution is 5.70. The summed E-state index contributed by atoms with van der Waals surface area (Å²) in [5.74, 6) is -1.55. The molecular weight excluding hydrogens is 240 g/mol. The van der Waals surface area contributed by atoms with Gasteiger partial charge in [-0.25, -0.2) is 0 Å². The SMILES string of the molecule is CCCCC(CCC(=O)OC(O)CO)CC(=O)O.